The van der Waals surface area contributed by atoms with Gasteiger partial charge in [0.05, 0.1) is 12.3 Å². The van der Waals surface area contributed by atoms with Crippen LogP contribution in [0.15, 0.2) is 0 Å². The van der Waals surface area contributed by atoms with E-state index in [2.05, 4.69) is 4.72 Å². The molecule has 0 aromatic carbocycles. The first-order chi connectivity index (χ1) is 5.38. The highest BCUT2D eigenvalue weighted by molar-refractivity contribution is 7.90. The van der Waals surface area contributed by atoms with E-state index < -0.39 is 18.0 Å². The molecule has 72 valence electrons. The molecule has 0 bridgehead atoms. The Morgan fingerprint density at radius 2 is 2.08 bits per heavy atom. The standard InChI is InChI=1S/C7H15FN2OS/c1-7(2,3)12(11)10-5-6(9)4-8/h9-10H,4-5H2,1-3H3/t12-/m1/s1. The zero-order valence-electron chi connectivity index (χ0n) is 7.61. The van der Waals surface area contributed by atoms with E-state index in [9.17, 15) is 8.94 Å². The largest absolute Gasteiger partial charge is 0.598 e. The molecule has 0 unspecified atom stereocenters. The van der Waals surface area contributed by atoms with Crippen LogP contribution in [0.2, 0.25) is 0 Å². The highest BCUT2D eigenvalue weighted by atomic mass is 32.2. The summed E-state index contributed by atoms with van der Waals surface area (Å²) in [4.78, 5) is 0. The third-order valence-corrected chi connectivity index (χ3v) is 2.65. The van der Waals surface area contributed by atoms with Crippen molar-refractivity contribution in [2.24, 2.45) is 0 Å². The molecule has 0 aliphatic heterocycles. The first-order valence-corrected chi connectivity index (χ1v) is 4.80. The van der Waals surface area contributed by atoms with E-state index >= 15 is 0 Å². The van der Waals surface area contributed by atoms with Gasteiger partial charge in [-0.15, -0.1) is 4.72 Å². The molecule has 5 heteroatoms. The van der Waals surface area contributed by atoms with Gasteiger partial charge in [0.1, 0.15) is 11.4 Å². The Morgan fingerprint density at radius 1 is 1.58 bits per heavy atom. The van der Waals surface area contributed by atoms with Crippen molar-refractivity contribution in [3.63, 3.8) is 0 Å². The van der Waals surface area contributed by atoms with Gasteiger partial charge >= 0.3 is 0 Å². The SMILES string of the molecule is CC(C)(C)[S@@+]([O-])NCC(=N)CF. The third kappa shape index (κ3) is 4.69. The molecule has 12 heavy (non-hydrogen) atoms. The van der Waals surface area contributed by atoms with E-state index in [0.717, 1.165) is 0 Å². The van der Waals surface area contributed by atoms with Crippen LogP contribution in [0.3, 0.4) is 0 Å². The minimum absolute atomic E-state index is 0.0559. The van der Waals surface area contributed by atoms with E-state index in [-0.39, 0.29) is 17.0 Å². The maximum Gasteiger partial charge on any atom is 0.136 e. The second-order valence-corrected chi connectivity index (χ2v) is 5.49. The minimum Gasteiger partial charge on any atom is -0.598 e. The van der Waals surface area contributed by atoms with Gasteiger partial charge in [0.25, 0.3) is 0 Å². The van der Waals surface area contributed by atoms with Crippen molar-refractivity contribution in [3.8, 4) is 0 Å². The van der Waals surface area contributed by atoms with Crippen molar-refractivity contribution in [1.29, 1.82) is 5.41 Å². The van der Waals surface area contributed by atoms with Crippen LogP contribution in [-0.4, -0.2) is 28.2 Å². The maximum absolute atomic E-state index is 11.8. The van der Waals surface area contributed by atoms with E-state index in [4.69, 9.17) is 5.41 Å². The van der Waals surface area contributed by atoms with Gasteiger partial charge in [-0.05, 0) is 20.8 Å². The smallest absolute Gasteiger partial charge is 0.136 e. The quantitative estimate of drug-likeness (QED) is 0.518. The van der Waals surface area contributed by atoms with Crippen LogP contribution in [0, 0.1) is 5.41 Å². The van der Waals surface area contributed by atoms with Gasteiger partial charge in [-0.3, -0.25) is 0 Å². The van der Waals surface area contributed by atoms with Crippen LogP contribution in [0.1, 0.15) is 20.8 Å². The summed E-state index contributed by atoms with van der Waals surface area (Å²) in [6.45, 7) is 4.72. The Hall–Kier alpha value is -0.130. The summed E-state index contributed by atoms with van der Waals surface area (Å²) >= 11 is -1.22. The Kier molecular flexibility index (Phi) is 4.74. The number of hydrogen-bond acceptors (Lipinski definition) is 3. The lowest BCUT2D eigenvalue weighted by Crippen LogP contribution is -2.41. The van der Waals surface area contributed by atoms with Crippen LogP contribution >= 0.6 is 0 Å². The Bertz CT molecular complexity index is 158. The van der Waals surface area contributed by atoms with Crippen LogP contribution in [0.4, 0.5) is 4.39 Å². The molecule has 0 radical (unpaired) electrons. The van der Waals surface area contributed by atoms with Crippen molar-refractivity contribution in [2.45, 2.75) is 25.5 Å². The number of nitrogens with one attached hydrogen (secondary N) is 2. The van der Waals surface area contributed by atoms with E-state index in [0.29, 0.717) is 0 Å². The molecule has 0 aliphatic rings. The molecule has 0 saturated carbocycles. The average Bonchev–Trinajstić information content (AvgIpc) is 1.97. The second kappa shape index (κ2) is 4.79. The molecule has 0 saturated heterocycles. The molecule has 0 amide bonds. The van der Waals surface area contributed by atoms with Gasteiger partial charge in [0, 0.05) is 11.4 Å². The first kappa shape index (κ1) is 11.9. The summed E-state index contributed by atoms with van der Waals surface area (Å²) < 4.78 is 25.3. The van der Waals surface area contributed by atoms with Gasteiger partial charge in [-0.1, -0.05) is 0 Å². The fourth-order valence-electron chi connectivity index (χ4n) is 0.416. The zero-order valence-corrected chi connectivity index (χ0v) is 8.43. The fourth-order valence-corrected chi connectivity index (χ4v) is 1.15. The molecule has 2 N–H and O–H groups in total. The number of hydrogen-bond donors (Lipinski definition) is 2. The van der Waals surface area contributed by atoms with Crippen molar-refractivity contribution in [1.82, 2.24) is 4.72 Å². The summed E-state index contributed by atoms with van der Waals surface area (Å²) in [5.41, 5.74) is -0.0763. The Balaban J connectivity index is 3.72. The number of halogens is 1. The number of rotatable bonds is 4. The lowest BCUT2D eigenvalue weighted by atomic mass is 10.3. The normalized spacial score (nSPS) is 14.4. The highest BCUT2D eigenvalue weighted by Gasteiger charge is 2.26. The second-order valence-electron chi connectivity index (χ2n) is 3.44. The molecule has 0 aromatic heterocycles. The topological polar surface area (TPSA) is 58.9 Å². The monoisotopic (exact) mass is 194 g/mol. The molecule has 0 aliphatic carbocycles. The van der Waals surface area contributed by atoms with Crippen LogP contribution in [0.5, 0.6) is 0 Å². The average molecular weight is 194 g/mol. The van der Waals surface area contributed by atoms with Crippen LogP contribution in [-0.2, 0) is 11.4 Å². The van der Waals surface area contributed by atoms with Crippen LogP contribution < -0.4 is 4.72 Å². The Morgan fingerprint density at radius 3 is 2.42 bits per heavy atom. The summed E-state index contributed by atoms with van der Waals surface area (Å²) in [5.74, 6) is 0. The fraction of sp³-hybridized carbons (Fsp3) is 0.857. The summed E-state index contributed by atoms with van der Waals surface area (Å²) in [5, 5.41) is 6.96. The van der Waals surface area contributed by atoms with Crippen molar-refractivity contribution >= 4 is 17.1 Å². The molecule has 3 nitrogen and oxygen atoms in total. The van der Waals surface area contributed by atoms with Gasteiger partial charge in [-0.2, -0.15) is 0 Å². The molecule has 1 atom stereocenters. The molecule has 0 aromatic rings. The van der Waals surface area contributed by atoms with Gasteiger partial charge in [-0.25, -0.2) is 4.39 Å². The van der Waals surface area contributed by atoms with Gasteiger partial charge in [0.15, 0.2) is 0 Å². The molecule has 0 fully saturated rings. The molecular weight excluding hydrogens is 179 g/mol. The summed E-state index contributed by atoms with van der Waals surface area (Å²) in [6.07, 6.45) is 0. The lowest BCUT2D eigenvalue weighted by Gasteiger charge is -2.23. The van der Waals surface area contributed by atoms with Crippen LogP contribution in [0.25, 0.3) is 0 Å². The molecular formula is C7H15FN2OS. The predicted octanol–water partition coefficient (Wildman–Crippen LogP) is 1.03. The van der Waals surface area contributed by atoms with Crippen molar-refractivity contribution in [2.75, 3.05) is 13.2 Å². The highest BCUT2D eigenvalue weighted by Crippen LogP contribution is 2.12. The predicted molar refractivity (Wildman–Crippen MR) is 49.6 cm³/mol. The van der Waals surface area contributed by atoms with Crippen molar-refractivity contribution in [3.05, 3.63) is 0 Å². The summed E-state index contributed by atoms with van der Waals surface area (Å²) in [6, 6.07) is 0. The maximum atomic E-state index is 11.8. The third-order valence-electron chi connectivity index (χ3n) is 1.13. The van der Waals surface area contributed by atoms with Crippen molar-refractivity contribution < 1.29 is 8.94 Å². The van der Waals surface area contributed by atoms with E-state index in [1.807, 2.05) is 20.8 Å². The molecule has 0 heterocycles. The lowest BCUT2D eigenvalue weighted by molar-refractivity contribution is 0.545. The Labute approximate surface area is 75.6 Å². The van der Waals surface area contributed by atoms with E-state index in [1.54, 1.807) is 0 Å². The summed E-state index contributed by atoms with van der Waals surface area (Å²) in [7, 11) is 0. The molecule has 0 rings (SSSR count). The minimum atomic E-state index is -1.22. The van der Waals surface area contributed by atoms with E-state index in [1.165, 1.54) is 0 Å². The number of alkyl halides is 1. The van der Waals surface area contributed by atoms with Gasteiger partial charge < -0.3 is 9.96 Å². The molecule has 0 spiro atoms. The first-order valence-electron chi connectivity index (χ1n) is 3.65. The van der Waals surface area contributed by atoms with Gasteiger partial charge in [0.2, 0.25) is 0 Å². The zero-order chi connectivity index (χ0) is 9.78.